The maximum atomic E-state index is 5.71. The highest BCUT2D eigenvalue weighted by Crippen LogP contribution is 2.19. The second-order valence-corrected chi connectivity index (χ2v) is 3.86. The zero-order chi connectivity index (χ0) is 10.3. The molecule has 0 amide bonds. The molecule has 80 valence electrons. The van der Waals surface area contributed by atoms with Crippen LogP contribution in [0.1, 0.15) is 53.9 Å². The van der Waals surface area contributed by atoms with Gasteiger partial charge in [-0.3, -0.25) is 0 Å². The van der Waals surface area contributed by atoms with Gasteiger partial charge in [0.15, 0.2) is 5.79 Å². The number of unbranched alkanes of at least 4 members (excludes halogenated alkanes) is 1. The maximum Gasteiger partial charge on any atom is 0.165 e. The summed E-state index contributed by atoms with van der Waals surface area (Å²) < 4.78 is 11.4. The van der Waals surface area contributed by atoms with Crippen molar-refractivity contribution >= 4 is 0 Å². The summed E-state index contributed by atoms with van der Waals surface area (Å²) in [5.41, 5.74) is 0. The largest absolute Gasteiger partial charge is 0.350 e. The van der Waals surface area contributed by atoms with E-state index in [9.17, 15) is 0 Å². The molecule has 0 aromatic carbocycles. The molecule has 0 aliphatic rings. The molecule has 0 N–H and O–H groups in total. The highest BCUT2D eigenvalue weighted by Gasteiger charge is 2.24. The van der Waals surface area contributed by atoms with Crippen LogP contribution in [0, 0.1) is 0 Å². The van der Waals surface area contributed by atoms with Crippen molar-refractivity contribution in [3.05, 3.63) is 0 Å². The predicted molar refractivity (Wildman–Crippen MR) is 55.8 cm³/mol. The quantitative estimate of drug-likeness (QED) is 0.450. The monoisotopic (exact) mass is 188 g/mol. The molecule has 0 aromatic heterocycles. The van der Waals surface area contributed by atoms with E-state index in [4.69, 9.17) is 9.47 Å². The highest BCUT2D eigenvalue weighted by atomic mass is 16.7. The summed E-state index contributed by atoms with van der Waals surface area (Å²) >= 11 is 0. The van der Waals surface area contributed by atoms with Gasteiger partial charge < -0.3 is 9.47 Å². The van der Waals surface area contributed by atoms with E-state index in [1.165, 1.54) is 6.42 Å². The molecule has 2 nitrogen and oxygen atoms in total. The minimum atomic E-state index is -0.386. The summed E-state index contributed by atoms with van der Waals surface area (Å²) in [6.07, 6.45) is 3.40. The maximum absolute atomic E-state index is 5.71. The van der Waals surface area contributed by atoms with Crippen molar-refractivity contribution in [1.82, 2.24) is 0 Å². The number of ether oxygens (including phenoxy) is 2. The van der Waals surface area contributed by atoms with E-state index < -0.39 is 0 Å². The summed E-state index contributed by atoms with van der Waals surface area (Å²) in [6, 6.07) is 0. The van der Waals surface area contributed by atoms with Gasteiger partial charge in [0, 0.05) is 6.61 Å². The van der Waals surface area contributed by atoms with Crippen LogP contribution < -0.4 is 0 Å². The lowest BCUT2D eigenvalue weighted by molar-refractivity contribution is -0.244. The van der Waals surface area contributed by atoms with E-state index >= 15 is 0 Å². The Kier molecular flexibility index (Phi) is 6.35. The highest BCUT2D eigenvalue weighted by molar-refractivity contribution is 4.61. The first kappa shape index (κ1) is 12.9. The molecule has 13 heavy (non-hydrogen) atoms. The van der Waals surface area contributed by atoms with Gasteiger partial charge in [-0.25, -0.2) is 0 Å². The van der Waals surface area contributed by atoms with Gasteiger partial charge in [-0.2, -0.15) is 0 Å². The molecular formula is C11H24O2. The lowest BCUT2D eigenvalue weighted by Gasteiger charge is -2.30. The molecule has 0 spiro atoms. The molecule has 0 aromatic rings. The first-order valence-electron chi connectivity index (χ1n) is 5.36. The van der Waals surface area contributed by atoms with Gasteiger partial charge >= 0.3 is 0 Å². The summed E-state index contributed by atoms with van der Waals surface area (Å²) in [5.74, 6) is -0.386. The van der Waals surface area contributed by atoms with Crippen LogP contribution in [-0.2, 0) is 9.47 Å². The summed E-state index contributed by atoms with van der Waals surface area (Å²) in [6.45, 7) is 11.1. The Morgan fingerprint density at radius 2 is 1.85 bits per heavy atom. The van der Waals surface area contributed by atoms with Gasteiger partial charge in [-0.1, -0.05) is 20.3 Å². The lowest BCUT2D eigenvalue weighted by Crippen LogP contribution is -2.34. The molecule has 0 rings (SSSR count). The third-order valence-corrected chi connectivity index (χ3v) is 2.03. The molecule has 0 saturated carbocycles. The van der Waals surface area contributed by atoms with Crippen molar-refractivity contribution in [2.75, 3.05) is 6.61 Å². The second-order valence-electron chi connectivity index (χ2n) is 3.86. The molecule has 0 radical (unpaired) electrons. The van der Waals surface area contributed by atoms with Crippen LogP contribution in [0.3, 0.4) is 0 Å². The zero-order valence-electron chi connectivity index (χ0n) is 9.72. The molecular weight excluding hydrogens is 164 g/mol. The Bertz CT molecular complexity index is 123. The van der Waals surface area contributed by atoms with Gasteiger partial charge in [0.2, 0.25) is 0 Å². The molecule has 0 bridgehead atoms. The van der Waals surface area contributed by atoms with Crippen LogP contribution >= 0.6 is 0 Å². The van der Waals surface area contributed by atoms with E-state index in [1.807, 2.05) is 20.8 Å². The van der Waals surface area contributed by atoms with E-state index in [0.29, 0.717) is 0 Å². The topological polar surface area (TPSA) is 18.5 Å². The number of hydrogen-bond acceptors (Lipinski definition) is 2. The van der Waals surface area contributed by atoms with Crippen LogP contribution in [0.15, 0.2) is 0 Å². The molecule has 2 heteroatoms. The predicted octanol–water partition coefficient (Wildman–Crippen LogP) is 3.35. The van der Waals surface area contributed by atoms with Crippen molar-refractivity contribution in [3.8, 4) is 0 Å². The summed E-state index contributed by atoms with van der Waals surface area (Å²) in [5, 5.41) is 0. The average Bonchev–Trinajstić information content (AvgIpc) is 2.04. The molecule has 0 aliphatic carbocycles. The van der Waals surface area contributed by atoms with Crippen LogP contribution in [0.4, 0.5) is 0 Å². The number of hydrogen-bond donors (Lipinski definition) is 0. The third-order valence-electron chi connectivity index (χ3n) is 2.03. The number of rotatable bonds is 7. The minimum absolute atomic E-state index is 0.228. The smallest absolute Gasteiger partial charge is 0.165 e. The summed E-state index contributed by atoms with van der Waals surface area (Å²) in [4.78, 5) is 0. The Hall–Kier alpha value is -0.0800. The molecule has 0 saturated heterocycles. The first-order chi connectivity index (χ1) is 6.04. The third kappa shape index (κ3) is 6.05. The van der Waals surface area contributed by atoms with Gasteiger partial charge in [0.05, 0.1) is 6.10 Å². The Labute approximate surface area is 82.6 Å². The first-order valence-corrected chi connectivity index (χ1v) is 5.36. The van der Waals surface area contributed by atoms with E-state index in [0.717, 1.165) is 19.4 Å². The van der Waals surface area contributed by atoms with Crippen molar-refractivity contribution in [2.24, 2.45) is 0 Å². The van der Waals surface area contributed by atoms with Crippen molar-refractivity contribution in [1.29, 1.82) is 0 Å². The van der Waals surface area contributed by atoms with E-state index in [1.54, 1.807) is 0 Å². The Morgan fingerprint density at radius 3 is 2.23 bits per heavy atom. The van der Waals surface area contributed by atoms with Crippen molar-refractivity contribution in [2.45, 2.75) is 65.8 Å². The van der Waals surface area contributed by atoms with E-state index in [2.05, 4.69) is 13.8 Å². The Morgan fingerprint density at radius 1 is 1.23 bits per heavy atom. The van der Waals surface area contributed by atoms with Crippen LogP contribution in [0.2, 0.25) is 0 Å². The fourth-order valence-corrected chi connectivity index (χ4v) is 1.15. The SMILES string of the molecule is CCCCOC(C)(CC)OC(C)C. The second kappa shape index (κ2) is 6.39. The van der Waals surface area contributed by atoms with Crippen LogP contribution in [0.25, 0.3) is 0 Å². The average molecular weight is 188 g/mol. The zero-order valence-corrected chi connectivity index (χ0v) is 9.72. The molecule has 1 unspecified atom stereocenters. The standard InChI is InChI=1S/C11H24O2/c1-6-8-9-12-11(5,7-2)13-10(3)4/h10H,6-9H2,1-5H3. The van der Waals surface area contributed by atoms with Gasteiger partial charge in [0.1, 0.15) is 0 Å². The normalized spacial score (nSPS) is 16.2. The molecule has 0 aliphatic heterocycles. The van der Waals surface area contributed by atoms with Crippen LogP contribution in [-0.4, -0.2) is 18.5 Å². The summed E-state index contributed by atoms with van der Waals surface area (Å²) in [7, 11) is 0. The van der Waals surface area contributed by atoms with Gasteiger partial charge in [0.25, 0.3) is 0 Å². The van der Waals surface area contributed by atoms with Gasteiger partial charge in [-0.05, 0) is 33.6 Å². The van der Waals surface area contributed by atoms with Crippen molar-refractivity contribution < 1.29 is 9.47 Å². The molecule has 0 heterocycles. The Balaban J connectivity index is 3.81. The fraction of sp³-hybridized carbons (Fsp3) is 1.00. The lowest BCUT2D eigenvalue weighted by atomic mass is 10.2. The van der Waals surface area contributed by atoms with E-state index in [-0.39, 0.29) is 11.9 Å². The van der Waals surface area contributed by atoms with Crippen molar-refractivity contribution in [3.63, 3.8) is 0 Å². The molecule has 1 atom stereocenters. The minimum Gasteiger partial charge on any atom is -0.350 e. The van der Waals surface area contributed by atoms with Gasteiger partial charge in [-0.15, -0.1) is 0 Å². The molecule has 0 fully saturated rings. The fourth-order valence-electron chi connectivity index (χ4n) is 1.15. The van der Waals surface area contributed by atoms with Crippen LogP contribution in [0.5, 0.6) is 0 Å².